The van der Waals surface area contributed by atoms with E-state index in [4.69, 9.17) is 34.7 Å². The standard InChI is InChI=1S/C40H26N4.C20H14ClN3.C17H12/c1-40(2)32-15-9-8-14-30(32)38-36(40)37(25-16-19-28(41-3)20-17-25)42-39(43-38)44-33-21-18-24-10-6-7-13-29(24)35(33)31-22-26-11-4-5-12-27(26)23-34(31)44;1-20(2)15-7-5-4-6-14(15)18-16(20)17(23-19(21)24-18)12-8-10-13(22-3)11-9-12;1-2-6-13-11-17-15(9-12(13)5-1)10-14-7-3-4-8-16(14)17/h4-23H,1-2H3;4-11H,1-2H3;1-9,11H,10H2. The second-order valence-corrected chi connectivity index (χ2v) is 23.6. The lowest BCUT2D eigenvalue weighted by Crippen LogP contribution is -2.18. The Hall–Kier alpha value is -10.6. The van der Waals surface area contributed by atoms with Gasteiger partial charge in [-0.15, -0.1) is 0 Å². The van der Waals surface area contributed by atoms with E-state index in [-0.39, 0.29) is 16.1 Å². The summed E-state index contributed by atoms with van der Waals surface area (Å²) in [4.78, 5) is 27.0. The Bertz CT molecular complexity index is 5190. The van der Waals surface area contributed by atoms with Crippen LogP contribution in [0.1, 0.15) is 61.1 Å². The molecule has 8 heteroatoms. The monoisotopic (exact) mass is 1110 g/mol. The van der Waals surface area contributed by atoms with Gasteiger partial charge in [0.15, 0.2) is 11.4 Å². The van der Waals surface area contributed by atoms with Crippen molar-refractivity contribution >= 4 is 77.1 Å². The minimum absolute atomic E-state index is 0.204. The molecule has 3 heterocycles. The van der Waals surface area contributed by atoms with Gasteiger partial charge < -0.3 is 0 Å². The predicted molar refractivity (Wildman–Crippen MR) is 349 cm³/mol. The minimum Gasteiger partial charge on any atom is -0.278 e. The zero-order valence-corrected chi connectivity index (χ0v) is 47.9. The first-order valence-electron chi connectivity index (χ1n) is 28.6. The normalized spacial score (nSPS) is 13.4. The first-order chi connectivity index (χ1) is 41.5. The van der Waals surface area contributed by atoms with Crippen LogP contribution in [0, 0.1) is 13.1 Å². The van der Waals surface area contributed by atoms with Gasteiger partial charge in [-0.2, -0.15) is 0 Å². The summed E-state index contributed by atoms with van der Waals surface area (Å²) >= 11 is 6.23. The maximum atomic E-state index is 7.49. The predicted octanol–water partition coefficient (Wildman–Crippen LogP) is 20.5. The SMILES string of the molecule is [C-]#[N+]c1ccc(-c2nc(-n3c4cc5ccccc5cc4c4c5ccccc5ccc43)nc3c2C(C)(C)c2ccccc2-3)cc1.[C-]#[N+]c1ccc(-c2nc(Cl)nc3c2C(C)(C)c2ccccc2-3)cc1.c1ccc2c(c1)Cc1cc3ccccc3cc1-2. The van der Waals surface area contributed by atoms with Gasteiger partial charge in [-0.3, -0.25) is 4.57 Å². The molecule has 0 aliphatic heterocycles. The number of benzene rings is 11. The molecule has 0 unspecified atom stereocenters. The van der Waals surface area contributed by atoms with Crippen molar-refractivity contribution < 1.29 is 0 Å². The highest BCUT2D eigenvalue weighted by atomic mass is 35.5. The fraction of sp³-hybridized carbons (Fsp3) is 0.0909. The molecule has 402 valence electrons. The van der Waals surface area contributed by atoms with Crippen LogP contribution in [0.15, 0.2) is 231 Å². The van der Waals surface area contributed by atoms with Gasteiger partial charge in [0, 0.05) is 43.9 Å². The van der Waals surface area contributed by atoms with Crippen molar-refractivity contribution in [2.75, 3.05) is 0 Å². The molecule has 0 amide bonds. The van der Waals surface area contributed by atoms with Crippen molar-refractivity contribution in [3.8, 4) is 62.1 Å². The van der Waals surface area contributed by atoms with E-state index in [1.807, 2.05) is 48.5 Å². The lowest BCUT2D eigenvalue weighted by atomic mass is 9.81. The van der Waals surface area contributed by atoms with Gasteiger partial charge in [0.2, 0.25) is 11.2 Å². The summed E-state index contributed by atoms with van der Waals surface area (Å²) in [5, 5.41) is 10.1. The van der Waals surface area contributed by atoms with E-state index in [1.165, 1.54) is 76.5 Å². The summed E-state index contributed by atoms with van der Waals surface area (Å²) < 4.78 is 2.24. The van der Waals surface area contributed by atoms with Gasteiger partial charge in [0.05, 0.1) is 47.0 Å². The van der Waals surface area contributed by atoms with Crippen LogP contribution < -0.4 is 0 Å². The third-order valence-corrected chi connectivity index (χ3v) is 17.8. The first-order valence-corrected chi connectivity index (χ1v) is 29.0. The molecule has 0 spiro atoms. The van der Waals surface area contributed by atoms with Gasteiger partial charge in [-0.25, -0.2) is 29.6 Å². The van der Waals surface area contributed by atoms with E-state index in [0.717, 1.165) is 73.6 Å². The molecule has 85 heavy (non-hydrogen) atoms. The van der Waals surface area contributed by atoms with Crippen LogP contribution in [0.3, 0.4) is 0 Å². The van der Waals surface area contributed by atoms with Gasteiger partial charge in [0.25, 0.3) is 0 Å². The smallest absolute Gasteiger partial charge is 0.235 e. The second-order valence-electron chi connectivity index (χ2n) is 23.2. The zero-order chi connectivity index (χ0) is 57.7. The van der Waals surface area contributed by atoms with E-state index in [9.17, 15) is 0 Å². The van der Waals surface area contributed by atoms with Crippen molar-refractivity contribution in [1.29, 1.82) is 0 Å². The van der Waals surface area contributed by atoms with E-state index < -0.39 is 0 Å². The van der Waals surface area contributed by atoms with Crippen molar-refractivity contribution in [2.45, 2.75) is 44.9 Å². The Balaban J connectivity index is 0.000000124. The molecule has 3 aliphatic carbocycles. The van der Waals surface area contributed by atoms with Crippen LogP contribution in [-0.4, -0.2) is 24.5 Å². The summed E-state index contributed by atoms with van der Waals surface area (Å²) in [6, 6.07) is 80.2. The molecular weight excluding hydrogens is 1060 g/mol. The number of hydrogen-bond donors (Lipinski definition) is 0. The molecule has 14 aromatic rings. The summed E-state index contributed by atoms with van der Waals surface area (Å²) in [7, 11) is 0. The molecule has 3 aliphatic rings. The highest BCUT2D eigenvalue weighted by Crippen LogP contribution is 2.53. The topological polar surface area (TPSA) is 65.2 Å². The quantitative estimate of drug-likeness (QED) is 0.131. The van der Waals surface area contributed by atoms with E-state index >= 15 is 0 Å². The van der Waals surface area contributed by atoms with Crippen LogP contribution >= 0.6 is 11.6 Å². The van der Waals surface area contributed by atoms with Crippen molar-refractivity contribution in [2.24, 2.45) is 0 Å². The second kappa shape index (κ2) is 19.8. The van der Waals surface area contributed by atoms with Crippen LogP contribution in [0.25, 0.3) is 126 Å². The zero-order valence-electron chi connectivity index (χ0n) is 47.2. The van der Waals surface area contributed by atoms with Crippen LogP contribution in [0.4, 0.5) is 11.4 Å². The number of hydrogen-bond acceptors (Lipinski definition) is 4. The van der Waals surface area contributed by atoms with Gasteiger partial charge >= 0.3 is 0 Å². The van der Waals surface area contributed by atoms with Crippen molar-refractivity contribution in [3.63, 3.8) is 0 Å². The minimum atomic E-state index is -0.286. The first kappa shape index (κ1) is 51.3. The maximum absolute atomic E-state index is 7.49. The van der Waals surface area contributed by atoms with E-state index in [2.05, 4.69) is 222 Å². The van der Waals surface area contributed by atoms with Crippen LogP contribution in [0.2, 0.25) is 5.28 Å². The van der Waals surface area contributed by atoms with Crippen molar-refractivity contribution in [3.05, 3.63) is 292 Å². The lowest BCUT2D eigenvalue weighted by Gasteiger charge is -2.24. The summed E-state index contributed by atoms with van der Waals surface area (Å²) in [6.07, 6.45) is 1.08. The van der Waals surface area contributed by atoms with Gasteiger partial charge in [-0.1, -0.05) is 234 Å². The number of nitrogens with zero attached hydrogens (tertiary/aromatic N) is 7. The molecular formula is C77H52ClN7. The number of aromatic nitrogens is 5. The average molecular weight is 1110 g/mol. The molecule has 3 aromatic heterocycles. The molecule has 0 fully saturated rings. The third-order valence-electron chi connectivity index (χ3n) is 17.7. The molecule has 7 nitrogen and oxygen atoms in total. The Morgan fingerprint density at radius 1 is 0.400 bits per heavy atom. The summed E-state index contributed by atoms with van der Waals surface area (Å²) in [6.45, 7) is 23.5. The Kier molecular flexibility index (Phi) is 12.0. The van der Waals surface area contributed by atoms with Crippen LogP contribution in [0.5, 0.6) is 0 Å². The molecule has 0 saturated carbocycles. The molecule has 0 saturated heterocycles. The molecule has 0 atom stereocenters. The molecule has 0 N–H and O–H groups in total. The Labute approximate surface area is 497 Å². The number of halogens is 1. The van der Waals surface area contributed by atoms with Gasteiger partial charge in [-0.05, 0) is 119 Å². The van der Waals surface area contributed by atoms with E-state index in [1.54, 1.807) is 12.1 Å². The summed E-state index contributed by atoms with van der Waals surface area (Å²) in [5.41, 5.74) is 21.1. The molecule has 17 rings (SSSR count). The fourth-order valence-corrected chi connectivity index (χ4v) is 13.8. The Morgan fingerprint density at radius 2 is 0.871 bits per heavy atom. The number of rotatable bonds is 3. The average Bonchev–Trinajstić information content (AvgIpc) is 1.79. The highest BCUT2D eigenvalue weighted by molar-refractivity contribution is 6.28. The third kappa shape index (κ3) is 8.30. The van der Waals surface area contributed by atoms with Crippen LogP contribution in [-0.2, 0) is 17.3 Å². The van der Waals surface area contributed by atoms with Gasteiger partial charge in [0.1, 0.15) is 0 Å². The lowest BCUT2D eigenvalue weighted by molar-refractivity contribution is 0.657. The summed E-state index contributed by atoms with van der Waals surface area (Å²) in [5.74, 6) is 0.645. The number of fused-ring (bicyclic) bond motifs is 16. The molecule has 11 aromatic carbocycles. The molecule has 0 radical (unpaired) electrons. The maximum Gasteiger partial charge on any atom is 0.235 e. The van der Waals surface area contributed by atoms with Crippen molar-refractivity contribution in [1.82, 2.24) is 24.5 Å². The molecule has 0 bridgehead atoms. The highest BCUT2D eigenvalue weighted by Gasteiger charge is 2.41. The largest absolute Gasteiger partial charge is 0.278 e. The fourth-order valence-electron chi connectivity index (χ4n) is 13.6. The van der Waals surface area contributed by atoms with E-state index in [0.29, 0.717) is 17.3 Å². The Morgan fingerprint density at radius 3 is 1.48 bits per heavy atom.